The zero-order chi connectivity index (χ0) is 16.0. The van der Waals surface area contributed by atoms with Crippen molar-refractivity contribution < 1.29 is 9.59 Å². The number of fused-ring (bicyclic) bond motifs is 2. The van der Waals surface area contributed by atoms with Crippen LogP contribution in [-0.2, 0) is 17.6 Å². The number of hydrogen-bond donors (Lipinski definition) is 2. The van der Waals surface area contributed by atoms with Gasteiger partial charge in [-0.1, -0.05) is 6.42 Å². The maximum Gasteiger partial charge on any atom is 0.323 e. The molecule has 3 N–H and O–H groups in total. The van der Waals surface area contributed by atoms with Crippen LogP contribution in [0.1, 0.15) is 36.8 Å². The lowest BCUT2D eigenvalue weighted by Crippen LogP contribution is -2.42. The molecule has 1 aromatic heterocycles. The van der Waals surface area contributed by atoms with Crippen molar-refractivity contribution in [2.75, 3.05) is 18.4 Å². The third kappa shape index (κ3) is 2.28. The topological polar surface area (TPSA) is 88.3 Å². The quantitative estimate of drug-likeness (QED) is 0.870. The Labute approximate surface area is 135 Å². The number of nitrogens with one attached hydrogen (secondary N) is 1. The van der Waals surface area contributed by atoms with Crippen LogP contribution in [0.3, 0.4) is 0 Å². The number of nitrogens with two attached hydrogens (primary N) is 1. The number of urea groups is 1. The molecule has 0 spiro atoms. The summed E-state index contributed by atoms with van der Waals surface area (Å²) in [6.45, 7) is 1.05. The summed E-state index contributed by atoms with van der Waals surface area (Å²) in [5.74, 6) is 0.547. The predicted molar refractivity (Wildman–Crippen MR) is 85.8 cm³/mol. The minimum absolute atomic E-state index is 0.175. The zero-order valence-corrected chi connectivity index (χ0v) is 13.2. The molecule has 0 unspecified atom stereocenters. The number of aromatic nitrogens is 1. The van der Waals surface area contributed by atoms with Crippen molar-refractivity contribution in [2.24, 2.45) is 17.1 Å². The van der Waals surface area contributed by atoms with Gasteiger partial charge in [0.2, 0.25) is 5.91 Å². The van der Waals surface area contributed by atoms with E-state index < -0.39 is 5.41 Å². The van der Waals surface area contributed by atoms with Crippen LogP contribution < -0.4 is 11.1 Å². The Hall–Kier alpha value is -2.11. The molecule has 1 aliphatic heterocycles. The van der Waals surface area contributed by atoms with E-state index in [1.165, 1.54) is 11.1 Å². The van der Waals surface area contributed by atoms with Gasteiger partial charge in [-0.25, -0.2) is 9.78 Å². The van der Waals surface area contributed by atoms with E-state index in [0.717, 1.165) is 38.5 Å². The van der Waals surface area contributed by atoms with Crippen LogP contribution in [0.4, 0.5) is 10.6 Å². The Bertz CT molecular complexity index is 675. The molecule has 23 heavy (non-hydrogen) atoms. The lowest BCUT2D eigenvalue weighted by molar-refractivity contribution is -0.128. The van der Waals surface area contributed by atoms with Crippen molar-refractivity contribution in [3.05, 3.63) is 23.4 Å². The second-order valence-electron chi connectivity index (χ2n) is 7.11. The number of carbonyl (C=O) groups is 2. The summed E-state index contributed by atoms with van der Waals surface area (Å²) in [7, 11) is 0. The number of rotatable bonds is 2. The van der Waals surface area contributed by atoms with E-state index >= 15 is 0 Å². The Morgan fingerprint density at radius 2 is 2.13 bits per heavy atom. The van der Waals surface area contributed by atoms with Crippen LogP contribution in [0.5, 0.6) is 0 Å². The van der Waals surface area contributed by atoms with Gasteiger partial charge in [-0.15, -0.1) is 0 Å². The lowest BCUT2D eigenvalue weighted by Gasteiger charge is -2.24. The Balaban J connectivity index is 1.47. The summed E-state index contributed by atoms with van der Waals surface area (Å²) in [5, 5.41) is 2.88. The van der Waals surface area contributed by atoms with Gasteiger partial charge in [-0.05, 0) is 55.2 Å². The van der Waals surface area contributed by atoms with Crippen LogP contribution in [-0.4, -0.2) is 34.9 Å². The standard InChI is InChI=1S/C17H22N4O2/c18-15(22)17-6-2-5-13(17)9-21(10-17)16(23)20-14-7-11-3-1-4-12(11)8-19-14/h7-8,13H,1-6,9-10H2,(H2,18,22)(H,19,20,23)/t13-,17-/m0/s1. The van der Waals surface area contributed by atoms with Crippen LogP contribution in [0.15, 0.2) is 12.3 Å². The number of nitrogens with zero attached hydrogens (tertiary/aromatic N) is 2. The number of amides is 3. The molecular weight excluding hydrogens is 292 g/mol. The molecule has 0 radical (unpaired) electrons. The number of pyridine rings is 1. The van der Waals surface area contributed by atoms with Gasteiger partial charge >= 0.3 is 6.03 Å². The molecule has 3 aliphatic rings. The molecule has 6 nitrogen and oxygen atoms in total. The van der Waals surface area contributed by atoms with Gasteiger partial charge in [0.15, 0.2) is 0 Å². The molecule has 1 saturated heterocycles. The first-order chi connectivity index (χ1) is 11.1. The second kappa shape index (κ2) is 5.22. The largest absolute Gasteiger partial charge is 0.369 e. The van der Waals surface area contributed by atoms with Gasteiger partial charge in [0, 0.05) is 19.3 Å². The van der Waals surface area contributed by atoms with Crippen molar-refractivity contribution in [1.29, 1.82) is 0 Å². The van der Waals surface area contributed by atoms with Crippen LogP contribution in [0, 0.1) is 11.3 Å². The molecule has 6 heteroatoms. The fraction of sp³-hybridized carbons (Fsp3) is 0.588. The molecule has 1 aromatic rings. The van der Waals surface area contributed by atoms with E-state index in [9.17, 15) is 9.59 Å². The van der Waals surface area contributed by atoms with Gasteiger partial charge in [0.1, 0.15) is 5.82 Å². The molecule has 122 valence electrons. The third-order valence-electron chi connectivity index (χ3n) is 5.86. The first-order valence-corrected chi connectivity index (χ1v) is 8.42. The smallest absolute Gasteiger partial charge is 0.323 e. The van der Waals surface area contributed by atoms with Gasteiger partial charge in [0.25, 0.3) is 0 Å². The van der Waals surface area contributed by atoms with Crippen LogP contribution >= 0.6 is 0 Å². The van der Waals surface area contributed by atoms with E-state index in [4.69, 9.17) is 5.73 Å². The number of likely N-dealkylation sites (tertiary alicyclic amines) is 1. The van der Waals surface area contributed by atoms with E-state index in [1.807, 2.05) is 12.3 Å². The van der Waals surface area contributed by atoms with Crippen molar-refractivity contribution in [3.8, 4) is 0 Å². The average molecular weight is 314 g/mol. The Morgan fingerprint density at radius 1 is 1.30 bits per heavy atom. The zero-order valence-electron chi connectivity index (χ0n) is 13.2. The normalized spacial score (nSPS) is 28.5. The summed E-state index contributed by atoms with van der Waals surface area (Å²) >= 11 is 0. The molecule has 0 bridgehead atoms. The highest BCUT2D eigenvalue weighted by molar-refractivity contribution is 5.90. The number of primary amides is 1. The van der Waals surface area contributed by atoms with Crippen molar-refractivity contribution in [3.63, 3.8) is 0 Å². The van der Waals surface area contributed by atoms with Crippen LogP contribution in [0.25, 0.3) is 0 Å². The maximum absolute atomic E-state index is 12.5. The second-order valence-corrected chi connectivity index (χ2v) is 7.11. The minimum Gasteiger partial charge on any atom is -0.369 e. The predicted octanol–water partition coefficient (Wildman–Crippen LogP) is 1.69. The fourth-order valence-electron chi connectivity index (χ4n) is 4.56. The summed E-state index contributed by atoms with van der Waals surface area (Å²) < 4.78 is 0. The van der Waals surface area contributed by atoms with E-state index in [-0.39, 0.29) is 17.9 Å². The molecule has 4 rings (SSSR count). The first kappa shape index (κ1) is 14.5. The molecule has 1 saturated carbocycles. The van der Waals surface area contributed by atoms with Gasteiger partial charge in [-0.2, -0.15) is 0 Å². The number of carbonyl (C=O) groups excluding carboxylic acids is 2. The summed E-state index contributed by atoms with van der Waals surface area (Å²) in [6.07, 6.45) is 7.95. The van der Waals surface area contributed by atoms with Crippen molar-refractivity contribution in [1.82, 2.24) is 9.88 Å². The van der Waals surface area contributed by atoms with Crippen LogP contribution in [0.2, 0.25) is 0 Å². The van der Waals surface area contributed by atoms with Crippen molar-refractivity contribution >= 4 is 17.8 Å². The number of aryl methyl sites for hydroxylation is 2. The van der Waals surface area contributed by atoms with E-state index in [2.05, 4.69) is 10.3 Å². The van der Waals surface area contributed by atoms with E-state index in [1.54, 1.807) is 4.90 Å². The molecule has 2 fully saturated rings. The fourth-order valence-corrected chi connectivity index (χ4v) is 4.56. The third-order valence-corrected chi connectivity index (χ3v) is 5.86. The Kier molecular flexibility index (Phi) is 3.28. The molecular formula is C17H22N4O2. The minimum atomic E-state index is -0.511. The molecule has 2 atom stereocenters. The number of anilines is 1. The molecule has 0 aromatic carbocycles. The number of hydrogen-bond acceptors (Lipinski definition) is 3. The summed E-state index contributed by atoms with van der Waals surface area (Å²) in [5.41, 5.74) is 7.69. The molecule has 3 amide bonds. The highest BCUT2D eigenvalue weighted by atomic mass is 16.2. The SMILES string of the molecule is NC(=O)[C@]12CCC[C@H]1CN(C(=O)Nc1cc3c(cn1)CCC3)C2. The average Bonchev–Trinajstić information content (AvgIpc) is 3.20. The van der Waals surface area contributed by atoms with E-state index in [0.29, 0.717) is 18.9 Å². The molecule has 2 aliphatic carbocycles. The van der Waals surface area contributed by atoms with Crippen molar-refractivity contribution in [2.45, 2.75) is 38.5 Å². The first-order valence-electron chi connectivity index (χ1n) is 8.42. The monoisotopic (exact) mass is 314 g/mol. The Morgan fingerprint density at radius 3 is 2.91 bits per heavy atom. The lowest BCUT2D eigenvalue weighted by atomic mass is 9.80. The highest BCUT2D eigenvalue weighted by Gasteiger charge is 2.54. The van der Waals surface area contributed by atoms with Gasteiger partial charge in [-0.3, -0.25) is 10.1 Å². The van der Waals surface area contributed by atoms with Gasteiger partial charge < -0.3 is 10.6 Å². The summed E-state index contributed by atoms with van der Waals surface area (Å²) in [4.78, 5) is 30.5. The highest BCUT2D eigenvalue weighted by Crippen LogP contribution is 2.48. The maximum atomic E-state index is 12.5. The molecule has 2 heterocycles. The van der Waals surface area contributed by atoms with Gasteiger partial charge in [0.05, 0.1) is 5.41 Å². The summed E-state index contributed by atoms with van der Waals surface area (Å²) in [6, 6.07) is 1.80.